The maximum atomic E-state index is 12.2. The van der Waals surface area contributed by atoms with E-state index < -0.39 is 6.09 Å². The lowest BCUT2D eigenvalue weighted by Gasteiger charge is -2.35. The van der Waals surface area contributed by atoms with Gasteiger partial charge in [0.05, 0.1) is 18.4 Å². The Hall–Kier alpha value is -3.00. The van der Waals surface area contributed by atoms with Crippen molar-refractivity contribution < 1.29 is 14.3 Å². The number of carbonyl (C=O) groups is 1. The number of nitrogens with zero attached hydrogens (tertiary/aromatic N) is 2. The number of fused-ring (bicyclic) bond motifs is 1. The highest BCUT2D eigenvalue weighted by atomic mass is 16.5. The summed E-state index contributed by atoms with van der Waals surface area (Å²) in [5.41, 5.74) is 2.06. The number of hydrogen-bond donors (Lipinski definition) is 0. The minimum absolute atomic E-state index is 0.0301. The van der Waals surface area contributed by atoms with Gasteiger partial charge in [0.2, 0.25) is 0 Å². The summed E-state index contributed by atoms with van der Waals surface area (Å²) in [6.07, 6.45) is 1.11. The molecule has 1 amide bonds. The Labute approximate surface area is 141 Å². The Morgan fingerprint density at radius 1 is 1.25 bits per heavy atom. The van der Waals surface area contributed by atoms with Gasteiger partial charge in [-0.3, -0.25) is 4.90 Å². The first-order valence-electron chi connectivity index (χ1n) is 7.81. The zero-order valence-corrected chi connectivity index (χ0v) is 13.7. The van der Waals surface area contributed by atoms with Crippen molar-refractivity contribution in [3.8, 4) is 17.6 Å². The number of anilines is 1. The zero-order valence-electron chi connectivity index (χ0n) is 13.7. The molecule has 1 aliphatic heterocycles. The summed E-state index contributed by atoms with van der Waals surface area (Å²) in [6, 6.07) is 15.0. The van der Waals surface area contributed by atoms with Crippen LogP contribution in [0.5, 0.6) is 11.5 Å². The fourth-order valence-corrected chi connectivity index (χ4v) is 2.99. The number of hydrogen-bond acceptors (Lipinski definition) is 4. The lowest BCUT2D eigenvalue weighted by molar-refractivity contribution is 0.175. The summed E-state index contributed by atoms with van der Waals surface area (Å²) in [7, 11) is 1.37. The summed E-state index contributed by atoms with van der Waals surface area (Å²) in [4.78, 5) is 13.8. The lowest BCUT2D eigenvalue weighted by Crippen LogP contribution is -2.42. The molecule has 0 unspecified atom stereocenters. The van der Waals surface area contributed by atoms with Crippen LogP contribution in [0.15, 0.2) is 42.5 Å². The molecule has 3 rings (SSSR count). The molecule has 1 atom stereocenters. The third-order valence-corrected chi connectivity index (χ3v) is 4.20. The van der Waals surface area contributed by atoms with Crippen LogP contribution in [0.1, 0.15) is 24.5 Å². The number of para-hydroxylation sites is 1. The second kappa shape index (κ2) is 6.63. The number of amides is 1. The van der Waals surface area contributed by atoms with Crippen LogP contribution in [0.4, 0.5) is 10.5 Å². The standard InChI is InChI=1S/C19H18N2O3/c1-13-8-10-16-17(21(13)19(22)23-2)11-9-14(12-20)18(16)24-15-6-4-3-5-7-15/h3-7,9,11,13H,8,10H2,1-2H3/t13-/m0/s1. The Morgan fingerprint density at radius 3 is 2.67 bits per heavy atom. The molecule has 0 N–H and O–H groups in total. The molecule has 5 heteroatoms. The molecular weight excluding hydrogens is 304 g/mol. The Morgan fingerprint density at radius 2 is 2.00 bits per heavy atom. The van der Waals surface area contributed by atoms with Crippen molar-refractivity contribution in [2.45, 2.75) is 25.8 Å². The fraction of sp³-hybridized carbons (Fsp3) is 0.263. The van der Waals surface area contributed by atoms with Gasteiger partial charge in [-0.05, 0) is 44.0 Å². The minimum atomic E-state index is -0.404. The quantitative estimate of drug-likeness (QED) is 0.829. The number of carbonyl (C=O) groups excluding carboxylic acids is 1. The predicted octanol–water partition coefficient (Wildman–Crippen LogP) is 4.26. The van der Waals surface area contributed by atoms with Crippen molar-refractivity contribution in [1.82, 2.24) is 0 Å². The molecule has 0 aromatic heterocycles. The Kier molecular flexibility index (Phi) is 4.39. The van der Waals surface area contributed by atoms with Gasteiger partial charge in [-0.15, -0.1) is 0 Å². The van der Waals surface area contributed by atoms with Crippen molar-refractivity contribution in [2.75, 3.05) is 12.0 Å². The van der Waals surface area contributed by atoms with Gasteiger partial charge in [-0.2, -0.15) is 5.26 Å². The molecule has 5 nitrogen and oxygen atoms in total. The van der Waals surface area contributed by atoms with Crippen molar-refractivity contribution in [1.29, 1.82) is 5.26 Å². The third-order valence-electron chi connectivity index (χ3n) is 4.20. The monoisotopic (exact) mass is 322 g/mol. The van der Waals surface area contributed by atoms with Gasteiger partial charge in [-0.25, -0.2) is 4.79 Å². The number of methoxy groups -OCH3 is 1. The van der Waals surface area contributed by atoms with Crippen molar-refractivity contribution in [2.24, 2.45) is 0 Å². The topological polar surface area (TPSA) is 62.6 Å². The van der Waals surface area contributed by atoms with E-state index >= 15 is 0 Å². The van der Waals surface area contributed by atoms with Crippen LogP contribution in [0.25, 0.3) is 0 Å². The molecular formula is C19H18N2O3. The SMILES string of the molecule is COC(=O)N1c2ccc(C#N)c(Oc3ccccc3)c2CC[C@@H]1C. The van der Waals surface area contributed by atoms with E-state index in [-0.39, 0.29) is 6.04 Å². The van der Waals surface area contributed by atoms with E-state index in [1.165, 1.54) is 7.11 Å². The maximum Gasteiger partial charge on any atom is 0.414 e. The van der Waals surface area contributed by atoms with Gasteiger partial charge >= 0.3 is 6.09 Å². The van der Waals surface area contributed by atoms with E-state index in [1.54, 1.807) is 17.0 Å². The van der Waals surface area contributed by atoms with Crippen molar-refractivity contribution in [3.05, 3.63) is 53.6 Å². The zero-order chi connectivity index (χ0) is 17.1. The molecule has 0 spiro atoms. The number of ether oxygens (including phenoxy) is 2. The molecule has 0 aliphatic carbocycles. The van der Waals surface area contributed by atoms with Gasteiger partial charge in [0.1, 0.15) is 17.6 Å². The highest BCUT2D eigenvalue weighted by Crippen LogP contribution is 2.40. The molecule has 0 saturated heterocycles. The molecule has 1 heterocycles. The second-order valence-corrected chi connectivity index (χ2v) is 5.69. The highest BCUT2D eigenvalue weighted by Gasteiger charge is 2.32. The van der Waals surface area contributed by atoms with Gasteiger partial charge < -0.3 is 9.47 Å². The second-order valence-electron chi connectivity index (χ2n) is 5.69. The first-order valence-corrected chi connectivity index (χ1v) is 7.81. The number of benzene rings is 2. The van der Waals surface area contributed by atoms with E-state index in [1.807, 2.05) is 37.3 Å². The van der Waals surface area contributed by atoms with E-state index in [4.69, 9.17) is 9.47 Å². The maximum absolute atomic E-state index is 12.2. The van der Waals surface area contributed by atoms with Crippen molar-refractivity contribution >= 4 is 11.8 Å². The summed E-state index contributed by atoms with van der Waals surface area (Å²) in [5, 5.41) is 9.44. The minimum Gasteiger partial charge on any atom is -0.456 e. The van der Waals surface area contributed by atoms with Crippen LogP contribution < -0.4 is 9.64 Å². The van der Waals surface area contributed by atoms with E-state index in [9.17, 15) is 10.1 Å². The lowest BCUT2D eigenvalue weighted by atomic mass is 9.94. The number of rotatable bonds is 2. The van der Waals surface area contributed by atoms with Crippen LogP contribution in [0.2, 0.25) is 0 Å². The first kappa shape index (κ1) is 15.9. The van der Waals surface area contributed by atoms with Crippen molar-refractivity contribution in [3.63, 3.8) is 0 Å². The predicted molar refractivity (Wildman–Crippen MR) is 90.3 cm³/mol. The highest BCUT2D eigenvalue weighted by molar-refractivity contribution is 5.91. The fourth-order valence-electron chi connectivity index (χ4n) is 2.99. The van der Waals surface area contributed by atoms with E-state index in [2.05, 4.69) is 6.07 Å². The third kappa shape index (κ3) is 2.79. The average molecular weight is 322 g/mol. The normalized spacial score (nSPS) is 16.0. The summed E-state index contributed by atoms with van der Waals surface area (Å²) < 4.78 is 10.9. The first-order chi connectivity index (χ1) is 11.7. The average Bonchev–Trinajstić information content (AvgIpc) is 2.62. The molecule has 0 saturated carbocycles. The number of nitriles is 1. The molecule has 0 fully saturated rings. The van der Waals surface area contributed by atoms with E-state index in [0.717, 1.165) is 24.1 Å². The van der Waals surface area contributed by atoms with Gasteiger partial charge in [-0.1, -0.05) is 18.2 Å². The summed E-state index contributed by atoms with van der Waals surface area (Å²) in [6.45, 7) is 1.98. The van der Waals surface area contributed by atoms with Crippen LogP contribution in [0, 0.1) is 11.3 Å². The molecule has 0 radical (unpaired) electrons. The van der Waals surface area contributed by atoms with Gasteiger partial charge in [0.15, 0.2) is 0 Å². The molecule has 2 aromatic rings. The van der Waals surface area contributed by atoms with Gasteiger partial charge in [0, 0.05) is 11.6 Å². The van der Waals surface area contributed by atoms with Crippen LogP contribution in [-0.2, 0) is 11.2 Å². The van der Waals surface area contributed by atoms with Crippen LogP contribution in [-0.4, -0.2) is 19.2 Å². The van der Waals surface area contributed by atoms with Crippen LogP contribution in [0.3, 0.4) is 0 Å². The largest absolute Gasteiger partial charge is 0.456 e. The van der Waals surface area contributed by atoms with E-state index in [0.29, 0.717) is 17.1 Å². The Balaban J connectivity index is 2.10. The summed E-state index contributed by atoms with van der Waals surface area (Å²) >= 11 is 0. The summed E-state index contributed by atoms with van der Waals surface area (Å²) in [5.74, 6) is 1.17. The molecule has 0 bridgehead atoms. The molecule has 2 aromatic carbocycles. The smallest absolute Gasteiger partial charge is 0.414 e. The molecule has 122 valence electrons. The van der Waals surface area contributed by atoms with Gasteiger partial charge in [0.25, 0.3) is 0 Å². The van der Waals surface area contributed by atoms with Crippen LogP contribution >= 0.6 is 0 Å². The molecule has 24 heavy (non-hydrogen) atoms. The molecule has 1 aliphatic rings. The Bertz CT molecular complexity index is 796.